The molecule has 0 bridgehead atoms. The van der Waals surface area contributed by atoms with Gasteiger partial charge in [-0.15, -0.1) is 0 Å². The van der Waals surface area contributed by atoms with Gasteiger partial charge in [-0.25, -0.2) is 4.79 Å². The molecule has 0 aliphatic carbocycles. The fraction of sp³-hybridized carbons (Fsp3) is 0.579. The zero-order valence-corrected chi connectivity index (χ0v) is 15.5. The number of anilines is 1. The number of morpholine rings is 1. The Kier molecular flexibility index (Phi) is 6.82. The van der Waals surface area contributed by atoms with E-state index in [0.717, 1.165) is 17.7 Å². The molecule has 0 unspecified atom stereocenters. The van der Waals surface area contributed by atoms with E-state index in [4.69, 9.17) is 4.74 Å². The highest BCUT2D eigenvalue weighted by Crippen LogP contribution is 2.18. The summed E-state index contributed by atoms with van der Waals surface area (Å²) in [6.07, 6.45) is 1.51. The second kappa shape index (κ2) is 8.85. The molecule has 6 nitrogen and oxygen atoms in total. The van der Waals surface area contributed by atoms with Crippen molar-refractivity contribution in [3.05, 3.63) is 29.8 Å². The molecule has 1 aromatic carbocycles. The van der Waals surface area contributed by atoms with E-state index in [1.165, 1.54) is 0 Å². The first-order valence-corrected chi connectivity index (χ1v) is 9.03. The molecular formula is C19H29N3O3. The minimum atomic E-state index is -0.110. The molecule has 6 heteroatoms. The van der Waals surface area contributed by atoms with Gasteiger partial charge in [-0.1, -0.05) is 26.0 Å². The first-order chi connectivity index (χ1) is 11.9. The Bertz CT molecular complexity index is 588. The number of carbonyl (C=O) groups excluding carboxylic acids is 2. The molecule has 2 rings (SSSR count). The maximum atomic E-state index is 12.5. The maximum absolute atomic E-state index is 12.5. The van der Waals surface area contributed by atoms with Crippen molar-refractivity contribution in [2.24, 2.45) is 0 Å². The predicted octanol–water partition coefficient (Wildman–Crippen LogP) is 3.31. The number of amides is 3. The normalized spacial score (nSPS) is 21.5. The maximum Gasteiger partial charge on any atom is 0.318 e. The number of nitrogens with zero attached hydrogens (tertiary/aromatic N) is 1. The van der Waals surface area contributed by atoms with Crippen molar-refractivity contribution in [3.8, 4) is 0 Å². The number of carbonyl (C=O) groups is 2. The highest BCUT2D eigenvalue weighted by molar-refractivity contribution is 5.90. The van der Waals surface area contributed by atoms with E-state index >= 15 is 0 Å². The SMILES string of the molecule is CCC(=O)Nc1ccc([C@H](C)NC(=O)N2C[C@H](CC)O[C@@H](C)C2)cc1. The molecule has 0 radical (unpaired) electrons. The summed E-state index contributed by atoms with van der Waals surface area (Å²) in [4.78, 5) is 25.8. The Morgan fingerprint density at radius 2 is 1.92 bits per heavy atom. The molecule has 1 heterocycles. The molecule has 0 saturated carbocycles. The van der Waals surface area contributed by atoms with Crippen LogP contribution in [0.5, 0.6) is 0 Å². The van der Waals surface area contributed by atoms with E-state index in [1.54, 1.807) is 0 Å². The van der Waals surface area contributed by atoms with Gasteiger partial charge >= 0.3 is 6.03 Å². The molecule has 1 aromatic rings. The van der Waals surface area contributed by atoms with Gasteiger partial charge in [0.25, 0.3) is 0 Å². The Morgan fingerprint density at radius 3 is 2.52 bits per heavy atom. The number of benzene rings is 1. The summed E-state index contributed by atoms with van der Waals surface area (Å²) in [6.45, 7) is 9.07. The van der Waals surface area contributed by atoms with Crippen LogP contribution >= 0.6 is 0 Å². The third-order valence-corrected chi connectivity index (χ3v) is 4.42. The Hall–Kier alpha value is -2.08. The van der Waals surface area contributed by atoms with Crippen LogP contribution in [0.3, 0.4) is 0 Å². The standard InChI is InChI=1S/C19H29N3O3/c1-5-17-12-22(11-13(3)25-17)19(24)20-14(4)15-7-9-16(10-8-15)21-18(23)6-2/h7-10,13-14,17H,5-6,11-12H2,1-4H3,(H,20,24)(H,21,23)/t13-,14-,17-/m0/s1. The van der Waals surface area contributed by atoms with Gasteiger partial charge in [0.1, 0.15) is 0 Å². The number of nitrogens with one attached hydrogen (secondary N) is 2. The first kappa shape index (κ1) is 19.2. The molecule has 2 N–H and O–H groups in total. The zero-order valence-electron chi connectivity index (χ0n) is 15.5. The van der Waals surface area contributed by atoms with Gasteiger partial charge in [0, 0.05) is 25.2 Å². The lowest BCUT2D eigenvalue weighted by atomic mass is 10.1. The minimum absolute atomic E-state index is 0.0129. The van der Waals surface area contributed by atoms with Crippen LogP contribution in [0.25, 0.3) is 0 Å². The molecule has 1 saturated heterocycles. The number of hydrogen-bond acceptors (Lipinski definition) is 3. The molecule has 3 amide bonds. The monoisotopic (exact) mass is 347 g/mol. The summed E-state index contributed by atoms with van der Waals surface area (Å²) >= 11 is 0. The van der Waals surface area contributed by atoms with E-state index in [2.05, 4.69) is 17.6 Å². The van der Waals surface area contributed by atoms with Crippen molar-refractivity contribution in [1.29, 1.82) is 0 Å². The van der Waals surface area contributed by atoms with Crippen LogP contribution in [0, 0.1) is 0 Å². The van der Waals surface area contributed by atoms with Crippen LogP contribution in [0.15, 0.2) is 24.3 Å². The lowest BCUT2D eigenvalue weighted by Gasteiger charge is -2.37. The summed E-state index contributed by atoms with van der Waals surface area (Å²) in [6, 6.07) is 7.39. The van der Waals surface area contributed by atoms with E-state index < -0.39 is 0 Å². The van der Waals surface area contributed by atoms with Gasteiger partial charge in [0.05, 0.1) is 18.2 Å². The number of urea groups is 1. The van der Waals surface area contributed by atoms with Gasteiger partial charge < -0.3 is 20.3 Å². The van der Waals surface area contributed by atoms with Crippen LogP contribution in [0.1, 0.15) is 52.1 Å². The van der Waals surface area contributed by atoms with Crippen molar-refractivity contribution in [1.82, 2.24) is 10.2 Å². The van der Waals surface area contributed by atoms with Crippen molar-refractivity contribution >= 4 is 17.6 Å². The van der Waals surface area contributed by atoms with Gasteiger partial charge in [0.2, 0.25) is 5.91 Å². The lowest BCUT2D eigenvalue weighted by Crippen LogP contribution is -2.52. The first-order valence-electron chi connectivity index (χ1n) is 9.03. The average Bonchev–Trinajstić information content (AvgIpc) is 2.61. The molecule has 1 aliphatic rings. The van der Waals surface area contributed by atoms with Crippen LogP contribution in [0.4, 0.5) is 10.5 Å². The van der Waals surface area contributed by atoms with Crippen molar-refractivity contribution in [2.75, 3.05) is 18.4 Å². The number of hydrogen-bond donors (Lipinski definition) is 2. The number of ether oxygens (including phenoxy) is 1. The molecule has 25 heavy (non-hydrogen) atoms. The Morgan fingerprint density at radius 1 is 1.24 bits per heavy atom. The van der Waals surface area contributed by atoms with Gasteiger partial charge in [-0.05, 0) is 38.0 Å². The fourth-order valence-electron chi connectivity index (χ4n) is 2.90. The molecule has 0 spiro atoms. The topological polar surface area (TPSA) is 70.7 Å². The molecule has 138 valence electrons. The van der Waals surface area contributed by atoms with E-state index in [9.17, 15) is 9.59 Å². The Labute approximate surface area is 149 Å². The van der Waals surface area contributed by atoms with Crippen LogP contribution in [-0.2, 0) is 9.53 Å². The zero-order chi connectivity index (χ0) is 18.4. The molecular weight excluding hydrogens is 318 g/mol. The highest BCUT2D eigenvalue weighted by atomic mass is 16.5. The van der Waals surface area contributed by atoms with Gasteiger partial charge in [-0.3, -0.25) is 4.79 Å². The van der Waals surface area contributed by atoms with Crippen molar-refractivity contribution in [3.63, 3.8) is 0 Å². The van der Waals surface area contributed by atoms with Crippen LogP contribution < -0.4 is 10.6 Å². The minimum Gasteiger partial charge on any atom is -0.372 e. The second-order valence-electron chi connectivity index (χ2n) is 6.58. The van der Waals surface area contributed by atoms with Crippen LogP contribution in [-0.4, -0.2) is 42.1 Å². The van der Waals surface area contributed by atoms with Crippen LogP contribution in [0.2, 0.25) is 0 Å². The third-order valence-electron chi connectivity index (χ3n) is 4.42. The van der Waals surface area contributed by atoms with Crippen molar-refractivity contribution < 1.29 is 14.3 Å². The quantitative estimate of drug-likeness (QED) is 0.858. The molecule has 3 atom stereocenters. The third kappa shape index (κ3) is 5.46. The summed E-state index contributed by atoms with van der Waals surface area (Å²) < 4.78 is 5.80. The predicted molar refractivity (Wildman–Crippen MR) is 98.5 cm³/mol. The lowest BCUT2D eigenvalue weighted by molar-refractivity contribution is -0.115. The summed E-state index contributed by atoms with van der Waals surface area (Å²) in [5.41, 5.74) is 1.76. The Balaban J connectivity index is 1.93. The van der Waals surface area contributed by atoms with Gasteiger partial charge in [0.15, 0.2) is 0 Å². The average molecular weight is 347 g/mol. The van der Waals surface area contributed by atoms with Gasteiger partial charge in [-0.2, -0.15) is 0 Å². The van der Waals surface area contributed by atoms with E-state index in [1.807, 2.05) is 49.9 Å². The molecule has 0 aromatic heterocycles. The molecule has 1 fully saturated rings. The smallest absolute Gasteiger partial charge is 0.318 e. The summed E-state index contributed by atoms with van der Waals surface area (Å²) in [7, 11) is 0. The molecule has 1 aliphatic heterocycles. The summed E-state index contributed by atoms with van der Waals surface area (Å²) in [5.74, 6) is -0.0129. The second-order valence-corrected chi connectivity index (χ2v) is 6.58. The van der Waals surface area contributed by atoms with E-state index in [0.29, 0.717) is 19.5 Å². The van der Waals surface area contributed by atoms with E-state index in [-0.39, 0.29) is 30.2 Å². The number of rotatable bonds is 5. The highest BCUT2D eigenvalue weighted by Gasteiger charge is 2.28. The fourth-order valence-corrected chi connectivity index (χ4v) is 2.90. The van der Waals surface area contributed by atoms with Crippen molar-refractivity contribution in [2.45, 2.75) is 58.8 Å². The largest absolute Gasteiger partial charge is 0.372 e. The summed E-state index contributed by atoms with van der Waals surface area (Å²) in [5, 5.41) is 5.86.